The van der Waals surface area contributed by atoms with Crippen LogP contribution < -0.4 is 10.6 Å². The number of ketones is 1. The molecule has 2 N–H and O–H groups in total. The van der Waals surface area contributed by atoms with Crippen LogP contribution in [0.25, 0.3) is 0 Å². The molecule has 0 heterocycles. The molecule has 0 aliphatic carbocycles. The first-order valence-electron chi connectivity index (χ1n) is 9.04. The van der Waals surface area contributed by atoms with Crippen LogP contribution in [-0.4, -0.2) is 48.2 Å². The molecule has 0 saturated heterocycles. The smallest absolute Gasteiger partial charge is 0.245 e. The SMILES string of the molecule is CC(C)N(C)[C@H](C(=O)NCC(=O)Nc1ccccc1)C(=O)c1ccc(Cl)cc1Cl. The van der Waals surface area contributed by atoms with Crippen LogP contribution in [0.5, 0.6) is 0 Å². The maximum absolute atomic E-state index is 13.1. The zero-order chi connectivity index (χ0) is 21.6. The van der Waals surface area contributed by atoms with Gasteiger partial charge in [-0.25, -0.2) is 0 Å². The minimum atomic E-state index is -1.14. The Balaban J connectivity index is 2.13. The fraction of sp³-hybridized carbons (Fsp3) is 0.286. The van der Waals surface area contributed by atoms with Gasteiger partial charge in [0.05, 0.1) is 11.6 Å². The van der Waals surface area contributed by atoms with Crippen LogP contribution in [0.2, 0.25) is 10.0 Å². The summed E-state index contributed by atoms with van der Waals surface area (Å²) in [6.45, 7) is 3.45. The second-order valence-corrected chi connectivity index (χ2v) is 7.63. The largest absolute Gasteiger partial charge is 0.345 e. The summed E-state index contributed by atoms with van der Waals surface area (Å²) in [4.78, 5) is 39.6. The third-order valence-corrected chi connectivity index (χ3v) is 4.94. The number of rotatable bonds is 8. The highest BCUT2D eigenvalue weighted by atomic mass is 35.5. The number of anilines is 1. The first kappa shape index (κ1) is 22.9. The summed E-state index contributed by atoms with van der Waals surface area (Å²) in [6, 6.07) is 12.1. The highest BCUT2D eigenvalue weighted by Gasteiger charge is 2.34. The fourth-order valence-corrected chi connectivity index (χ4v) is 3.12. The first-order valence-corrected chi connectivity index (χ1v) is 9.80. The van der Waals surface area contributed by atoms with Gasteiger partial charge in [-0.2, -0.15) is 0 Å². The summed E-state index contributed by atoms with van der Waals surface area (Å²) < 4.78 is 0. The van der Waals surface area contributed by atoms with E-state index >= 15 is 0 Å². The Kier molecular flexibility index (Phi) is 8.20. The van der Waals surface area contributed by atoms with Gasteiger partial charge in [0.2, 0.25) is 11.8 Å². The summed E-state index contributed by atoms with van der Waals surface area (Å²) in [6.07, 6.45) is 0. The second kappa shape index (κ2) is 10.4. The van der Waals surface area contributed by atoms with Gasteiger partial charge < -0.3 is 10.6 Å². The Morgan fingerprint density at radius 1 is 1.03 bits per heavy atom. The van der Waals surface area contributed by atoms with Gasteiger partial charge in [0, 0.05) is 22.3 Å². The molecule has 0 bridgehead atoms. The van der Waals surface area contributed by atoms with E-state index in [0.717, 1.165) is 0 Å². The summed E-state index contributed by atoms with van der Waals surface area (Å²) in [7, 11) is 1.67. The predicted molar refractivity (Wildman–Crippen MR) is 116 cm³/mol. The number of hydrogen-bond acceptors (Lipinski definition) is 4. The van der Waals surface area contributed by atoms with E-state index in [4.69, 9.17) is 23.2 Å². The molecule has 0 saturated carbocycles. The minimum absolute atomic E-state index is 0.0982. The zero-order valence-electron chi connectivity index (χ0n) is 16.4. The number of Topliss-reactive ketones (excluding diaryl/α,β-unsaturated/α-hetero) is 1. The molecule has 0 aliphatic rings. The molecule has 0 radical (unpaired) electrons. The molecule has 1 atom stereocenters. The van der Waals surface area contributed by atoms with Gasteiger partial charge in [-0.3, -0.25) is 19.3 Å². The number of benzene rings is 2. The van der Waals surface area contributed by atoms with Gasteiger partial charge in [0.15, 0.2) is 11.8 Å². The molecule has 2 aromatic carbocycles. The maximum atomic E-state index is 13.1. The number of carbonyl (C=O) groups is 3. The van der Waals surface area contributed by atoms with Gasteiger partial charge in [-0.1, -0.05) is 41.4 Å². The van der Waals surface area contributed by atoms with Crippen LogP contribution in [0.3, 0.4) is 0 Å². The van der Waals surface area contributed by atoms with Crippen LogP contribution in [-0.2, 0) is 9.59 Å². The number of halogens is 2. The van der Waals surface area contributed by atoms with E-state index in [1.807, 2.05) is 19.9 Å². The molecule has 6 nitrogen and oxygen atoms in total. The lowest BCUT2D eigenvalue weighted by Crippen LogP contribution is -2.53. The molecule has 0 spiro atoms. The molecular formula is C21H23Cl2N3O3. The van der Waals surface area contributed by atoms with Crippen molar-refractivity contribution in [2.45, 2.75) is 25.9 Å². The lowest BCUT2D eigenvalue weighted by Gasteiger charge is -2.29. The van der Waals surface area contributed by atoms with Crippen molar-refractivity contribution >= 4 is 46.5 Å². The van der Waals surface area contributed by atoms with Crippen molar-refractivity contribution in [3.05, 3.63) is 64.1 Å². The number of para-hydroxylation sites is 1. The molecular weight excluding hydrogens is 413 g/mol. The molecule has 0 fully saturated rings. The van der Waals surface area contributed by atoms with E-state index < -0.39 is 23.6 Å². The number of amides is 2. The zero-order valence-corrected chi connectivity index (χ0v) is 17.9. The molecule has 29 heavy (non-hydrogen) atoms. The quantitative estimate of drug-likeness (QED) is 0.489. The molecule has 0 unspecified atom stereocenters. The fourth-order valence-electron chi connectivity index (χ4n) is 2.61. The molecule has 2 rings (SSSR count). The van der Waals surface area contributed by atoms with Crippen molar-refractivity contribution in [2.75, 3.05) is 18.9 Å². The number of hydrogen-bond donors (Lipinski definition) is 2. The number of nitrogens with zero attached hydrogens (tertiary/aromatic N) is 1. The Bertz CT molecular complexity index is 888. The monoisotopic (exact) mass is 435 g/mol. The number of nitrogens with one attached hydrogen (secondary N) is 2. The highest BCUT2D eigenvalue weighted by molar-refractivity contribution is 6.37. The van der Waals surface area contributed by atoms with Gasteiger partial charge >= 0.3 is 0 Å². The third kappa shape index (κ3) is 6.29. The van der Waals surface area contributed by atoms with Crippen LogP contribution in [0.4, 0.5) is 5.69 Å². The third-order valence-electron chi connectivity index (χ3n) is 4.40. The van der Waals surface area contributed by atoms with Crippen molar-refractivity contribution < 1.29 is 14.4 Å². The van der Waals surface area contributed by atoms with Crippen molar-refractivity contribution in [1.82, 2.24) is 10.2 Å². The standard InChI is InChI=1S/C21H23Cl2N3O3/c1-13(2)26(3)19(20(28)16-10-9-14(22)11-17(16)23)21(29)24-12-18(27)25-15-7-5-4-6-8-15/h4-11,13,19H,12H2,1-3H3,(H,24,29)(H,25,27)/t19-/m0/s1. The number of likely N-dealkylation sites (N-methyl/N-ethyl adjacent to an activating group) is 1. The minimum Gasteiger partial charge on any atom is -0.345 e. The van der Waals surface area contributed by atoms with E-state index in [-0.39, 0.29) is 23.2 Å². The summed E-state index contributed by atoms with van der Waals surface area (Å²) in [5.74, 6) is -1.45. The van der Waals surface area contributed by atoms with Crippen molar-refractivity contribution in [3.8, 4) is 0 Å². The maximum Gasteiger partial charge on any atom is 0.245 e. The topological polar surface area (TPSA) is 78.5 Å². The average Bonchev–Trinajstić information content (AvgIpc) is 2.67. The van der Waals surface area contributed by atoms with Gasteiger partial charge in [-0.05, 0) is 51.2 Å². The normalized spacial score (nSPS) is 12.0. The Morgan fingerprint density at radius 2 is 1.69 bits per heavy atom. The van der Waals surface area contributed by atoms with E-state index in [2.05, 4.69) is 10.6 Å². The van der Waals surface area contributed by atoms with Gasteiger partial charge in [0.25, 0.3) is 0 Å². The summed E-state index contributed by atoms with van der Waals surface area (Å²) in [5.41, 5.74) is 0.809. The Hall–Kier alpha value is -2.41. The van der Waals surface area contributed by atoms with E-state index in [9.17, 15) is 14.4 Å². The van der Waals surface area contributed by atoms with Gasteiger partial charge in [-0.15, -0.1) is 0 Å². The average molecular weight is 436 g/mol. The second-order valence-electron chi connectivity index (χ2n) is 6.78. The van der Waals surface area contributed by atoms with Crippen molar-refractivity contribution in [2.24, 2.45) is 0 Å². The van der Waals surface area contributed by atoms with Crippen LogP contribution >= 0.6 is 23.2 Å². The highest BCUT2D eigenvalue weighted by Crippen LogP contribution is 2.23. The van der Waals surface area contributed by atoms with Crippen molar-refractivity contribution in [3.63, 3.8) is 0 Å². The molecule has 2 aromatic rings. The Labute approximate surface area is 180 Å². The summed E-state index contributed by atoms with van der Waals surface area (Å²) >= 11 is 12.1. The lowest BCUT2D eigenvalue weighted by molar-refractivity contribution is -0.127. The summed E-state index contributed by atoms with van der Waals surface area (Å²) in [5, 5.41) is 5.77. The van der Waals surface area contributed by atoms with E-state index in [0.29, 0.717) is 10.7 Å². The number of carbonyl (C=O) groups excluding carboxylic acids is 3. The molecule has 0 aromatic heterocycles. The molecule has 2 amide bonds. The van der Waals surface area contributed by atoms with Crippen LogP contribution in [0, 0.1) is 0 Å². The van der Waals surface area contributed by atoms with Crippen LogP contribution in [0.1, 0.15) is 24.2 Å². The van der Waals surface area contributed by atoms with Gasteiger partial charge in [0.1, 0.15) is 0 Å². The molecule has 154 valence electrons. The Morgan fingerprint density at radius 3 is 2.28 bits per heavy atom. The lowest BCUT2D eigenvalue weighted by atomic mass is 10.0. The molecule has 8 heteroatoms. The molecule has 0 aliphatic heterocycles. The van der Waals surface area contributed by atoms with Crippen LogP contribution in [0.15, 0.2) is 48.5 Å². The predicted octanol–water partition coefficient (Wildman–Crippen LogP) is 3.64. The first-order chi connectivity index (χ1) is 13.7. The van der Waals surface area contributed by atoms with E-state index in [1.54, 1.807) is 36.2 Å². The van der Waals surface area contributed by atoms with Crippen molar-refractivity contribution in [1.29, 1.82) is 0 Å². The van der Waals surface area contributed by atoms with E-state index in [1.165, 1.54) is 18.2 Å².